The highest BCUT2D eigenvalue weighted by atomic mass is 16.4. The van der Waals surface area contributed by atoms with Gasteiger partial charge < -0.3 is 20.4 Å². The van der Waals surface area contributed by atoms with Gasteiger partial charge in [0, 0.05) is 48.0 Å². The van der Waals surface area contributed by atoms with Crippen molar-refractivity contribution in [3.05, 3.63) is 52.0 Å². The molecule has 4 unspecified atom stereocenters. The molecular weight excluding hydrogens is 624 g/mol. The van der Waals surface area contributed by atoms with Crippen LogP contribution in [0, 0.1) is 46.3 Å². The second-order valence-corrected chi connectivity index (χ2v) is 16.4. The van der Waals surface area contributed by atoms with E-state index in [0.717, 1.165) is 32.6 Å². The molecule has 0 spiro atoms. The molecular formula is C40H50O9. The Morgan fingerprint density at radius 2 is 1.69 bits per heavy atom. The lowest BCUT2D eigenvalue weighted by atomic mass is 9.38. The van der Waals surface area contributed by atoms with Gasteiger partial charge in [0.15, 0.2) is 17.2 Å². The van der Waals surface area contributed by atoms with Crippen molar-refractivity contribution < 1.29 is 44.4 Å². The molecule has 4 N–H and O–H groups in total. The van der Waals surface area contributed by atoms with Crippen LogP contribution in [0.25, 0.3) is 0 Å². The number of hydrogen-bond acceptors (Lipinski definition) is 9. The third kappa shape index (κ3) is 4.77. The Labute approximate surface area is 287 Å². The first-order valence-electron chi connectivity index (χ1n) is 18.0. The van der Waals surface area contributed by atoms with E-state index in [4.69, 9.17) is 0 Å². The summed E-state index contributed by atoms with van der Waals surface area (Å²) in [5.74, 6) is -5.79. The smallest absolute Gasteiger partial charge is 0.209 e. The lowest BCUT2D eigenvalue weighted by Crippen LogP contribution is -2.71. The van der Waals surface area contributed by atoms with Crippen LogP contribution < -0.4 is 0 Å². The van der Waals surface area contributed by atoms with Gasteiger partial charge in [-0.25, -0.2) is 0 Å². The van der Waals surface area contributed by atoms with E-state index >= 15 is 0 Å². The summed E-state index contributed by atoms with van der Waals surface area (Å²) in [7, 11) is 0. The Kier molecular flexibility index (Phi) is 8.65. The van der Waals surface area contributed by atoms with Gasteiger partial charge in [0.05, 0.1) is 5.56 Å². The molecule has 0 radical (unpaired) electrons. The minimum atomic E-state index is -2.82. The second-order valence-electron chi connectivity index (χ2n) is 16.4. The number of aromatic hydroxyl groups is 1. The third-order valence-corrected chi connectivity index (χ3v) is 13.8. The second kappa shape index (κ2) is 12.0. The van der Waals surface area contributed by atoms with E-state index in [9.17, 15) is 44.4 Å². The van der Waals surface area contributed by atoms with Crippen molar-refractivity contribution in [3.63, 3.8) is 0 Å². The number of phenols is 1. The van der Waals surface area contributed by atoms with Crippen LogP contribution in [0.15, 0.2) is 40.9 Å². The maximum absolute atomic E-state index is 14.4. The zero-order valence-electron chi connectivity index (χ0n) is 29.5. The SMILES string of the molecule is CC(=O)C1=C(O)C(C(C)C)[C@@]2(C)[C@H](CC(=O)CCCCC3CCC4CC(=O)CC34)[C@]3(C)C(=C(O)[C@@]2(O)C1=O)C(=O)c1c(O)cccc1[C@H]3C. The van der Waals surface area contributed by atoms with E-state index in [1.165, 1.54) is 6.07 Å². The Morgan fingerprint density at radius 3 is 2.35 bits per heavy atom. The highest BCUT2D eigenvalue weighted by molar-refractivity contribution is 6.25. The molecule has 0 amide bonds. The van der Waals surface area contributed by atoms with Crippen LogP contribution >= 0.6 is 0 Å². The van der Waals surface area contributed by atoms with Gasteiger partial charge in [0.2, 0.25) is 5.78 Å². The highest BCUT2D eigenvalue weighted by Crippen LogP contribution is 2.71. The highest BCUT2D eigenvalue weighted by Gasteiger charge is 2.75. The monoisotopic (exact) mass is 674 g/mol. The summed E-state index contributed by atoms with van der Waals surface area (Å²) in [5, 5.41) is 47.4. The van der Waals surface area contributed by atoms with E-state index in [-0.39, 0.29) is 35.5 Å². The largest absolute Gasteiger partial charge is 0.511 e. The van der Waals surface area contributed by atoms with Crippen molar-refractivity contribution in [1.29, 1.82) is 0 Å². The Morgan fingerprint density at radius 1 is 1.00 bits per heavy atom. The molecule has 0 saturated heterocycles. The van der Waals surface area contributed by atoms with Crippen LogP contribution in [-0.4, -0.2) is 54.9 Å². The molecule has 2 saturated carbocycles. The summed E-state index contributed by atoms with van der Waals surface area (Å²) in [6.07, 6.45) is 6.03. The van der Waals surface area contributed by atoms with Gasteiger partial charge in [-0.3, -0.25) is 24.0 Å². The van der Waals surface area contributed by atoms with Gasteiger partial charge in [-0.2, -0.15) is 0 Å². The molecule has 1 aromatic carbocycles. The Bertz CT molecular complexity index is 1720. The van der Waals surface area contributed by atoms with Crippen LogP contribution in [0.2, 0.25) is 0 Å². The predicted molar refractivity (Wildman–Crippen MR) is 181 cm³/mol. The number of rotatable bonds is 9. The minimum Gasteiger partial charge on any atom is -0.511 e. The van der Waals surface area contributed by atoms with Crippen molar-refractivity contribution in [2.75, 3.05) is 0 Å². The molecule has 264 valence electrons. The van der Waals surface area contributed by atoms with Crippen molar-refractivity contribution >= 4 is 28.9 Å². The molecule has 5 aliphatic rings. The zero-order chi connectivity index (χ0) is 36.0. The standard InChI is InChI=1S/C40H50O9/c1-19(2)32-34(45)30(21(4)41)36(47)40(49)37(48)33-35(46)31-26(12-9-13-28(31)44)20(3)38(33,5)29(39(32,40)6)18-24(42)11-8-7-10-22-14-15-23-16-25(43)17-27(22)23/h9,12-13,19-20,22-23,27,29,32,44-45,48-49H,7-8,10-11,14-18H2,1-6H3/t20-,22?,23?,27?,29-,32?,38-,39-,40+/m1/s1. The van der Waals surface area contributed by atoms with Crippen LogP contribution in [0.3, 0.4) is 0 Å². The Balaban J connectivity index is 1.42. The summed E-state index contributed by atoms with van der Waals surface area (Å²) in [6.45, 7) is 9.87. The summed E-state index contributed by atoms with van der Waals surface area (Å²) < 4.78 is 0. The van der Waals surface area contributed by atoms with Crippen LogP contribution in [-0.2, 0) is 19.2 Å². The summed E-state index contributed by atoms with van der Waals surface area (Å²) in [4.78, 5) is 67.7. The van der Waals surface area contributed by atoms with E-state index in [0.29, 0.717) is 48.4 Å². The van der Waals surface area contributed by atoms with Gasteiger partial charge in [-0.05, 0) is 73.3 Å². The maximum Gasteiger partial charge on any atom is 0.209 e. The number of allylic oxidation sites excluding steroid dienone is 2. The number of ketones is 5. The molecule has 9 atom stereocenters. The minimum absolute atomic E-state index is 0.0433. The fourth-order valence-electron chi connectivity index (χ4n) is 11.4. The van der Waals surface area contributed by atoms with E-state index < -0.39 is 74.5 Å². The molecule has 0 heterocycles. The van der Waals surface area contributed by atoms with E-state index in [1.54, 1.807) is 39.8 Å². The van der Waals surface area contributed by atoms with Gasteiger partial charge in [-0.15, -0.1) is 0 Å². The van der Waals surface area contributed by atoms with Crippen LogP contribution in [0.5, 0.6) is 5.75 Å². The normalized spacial score (nSPS) is 36.9. The molecule has 9 heteroatoms. The molecule has 1 aromatic rings. The van der Waals surface area contributed by atoms with Gasteiger partial charge in [0.1, 0.15) is 34.4 Å². The number of phenolic OH excluding ortho intramolecular Hbond substituents is 1. The van der Waals surface area contributed by atoms with Gasteiger partial charge >= 0.3 is 0 Å². The number of aliphatic hydroxyl groups is 3. The molecule has 9 nitrogen and oxygen atoms in total. The number of fused-ring (bicyclic) bond motifs is 4. The van der Waals surface area contributed by atoms with Crippen molar-refractivity contribution in [1.82, 2.24) is 0 Å². The quantitative estimate of drug-likeness (QED) is 0.166. The fourth-order valence-corrected chi connectivity index (χ4v) is 11.4. The van der Waals surface area contributed by atoms with Crippen molar-refractivity contribution in [2.24, 2.45) is 46.3 Å². The lowest BCUT2D eigenvalue weighted by Gasteiger charge is -2.65. The molecule has 5 aliphatic carbocycles. The van der Waals surface area contributed by atoms with Gasteiger partial charge in [-0.1, -0.05) is 59.6 Å². The third-order valence-electron chi connectivity index (χ3n) is 13.8. The molecule has 0 aromatic heterocycles. The first-order valence-corrected chi connectivity index (χ1v) is 18.0. The van der Waals surface area contributed by atoms with Gasteiger partial charge in [0.25, 0.3) is 0 Å². The summed E-state index contributed by atoms with van der Waals surface area (Å²) in [5.41, 5.74) is -6.28. The van der Waals surface area contributed by atoms with E-state index in [2.05, 4.69) is 0 Å². The first kappa shape index (κ1) is 35.2. The molecule has 49 heavy (non-hydrogen) atoms. The van der Waals surface area contributed by atoms with E-state index in [1.807, 2.05) is 6.92 Å². The Hall–Kier alpha value is -3.59. The number of carbonyl (C=O) groups excluding carboxylic acids is 5. The summed E-state index contributed by atoms with van der Waals surface area (Å²) >= 11 is 0. The maximum atomic E-state index is 14.4. The van der Waals surface area contributed by atoms with Crippen LogP contribution in [0.1, 0.15) is 121 Å². The topological polar surface area (TPSA) is 166 Å². The number of aliphatic hydroxyl groups excluding tert-OH is 2. The predicted octanol–water partition coefficient (Wildman–Crippen LogP) is 6.66. The number of unbranched alkanes of at least 4 members (excludes halogenated alkanes) is 1. The molecule has 0 bridgehead atoms. The average Bonchev–Trinajstić information content (AvgIpc) is 3.57. The van der Waals surface area contributed by atoms with Crippen molar-refractivity contribution in [2.45, 2.75) is 111 Å². The fraction of sp³-hybridized carbons (Fsp3) is 0.625. The molecule has 6 rings (SSSR count). The molecule has 0 aliphatic heterocycles. The number of carbonyl (C=O) groups is 5. The molecule has 2 fully saturated rings. The number of hydrogen-bond donors (Lipinski definition) is 4. The van der Waals surface area contributed by atoms with Crippen LogP contribution in [0.4, 0.5) is 0 Å². The average molecular weight is 675 g/mol. The number of benzene rings is 1. The first-order chi connectivity index (χ1) is 22.9. The number of Topliss-reactive ketones (excluding diaryl/α,β-unsaturated/α-hetero) is 5. The summed E-state index contributed by atoms with van der Waals surface area (Å²) in [6, 6.07) is 4.71. The zero-order valence-corrected chi connectivity index (χ0v) is 29.5. The van der Waals surface area contributed by atoms with Crippen molar-refractivity contribution in [3.8, 4) is 5.75 Å². The lowest BCUT2D eigenvalue weighted by molar-refractivity contribution is -0.193.